The number of piperazine rings is 1. The van der Waals surface area contributed by atoms with Gasteiger partial charge < -0.3 is 19.0 Å². The number of hydrogen-bond acceptors (Lipinski definition) is 5. The minimum atomic E-state index is -0.0454. The van der Waals surface area contributed by atoms with Crippen LogP contribution < -0.4 is 4.74 Å². The molecule has 0 saturated carbocycles. The van der Waals surface area contributed by atoms with E-state index in [-0.39, 0.29) is 11.8 Å². The number of carbonyl (C=O) groups excluding carboxylic acids is 2. The minimum Gasteiger partial charge on any atom is -0.496 e. The maximum Gasteiger partial charge on any atom is 0.254 e. The molecule has 150 valence electrons. The van der Waals surface area contributed by atoms with Gasteiger partial charge in [0.25, 0.3) is 5.91 Å². The highest BCUT2D eigenvalue weighted by molar-refractivity contribution is 5.97. The number of aromatic nitrogens is 1. The number of ether oxygens (including phenoxy) is 1. The summed E-state index contributed by atoms with van der Waals surface area (Å²) in [6.45, 7) is 2.14. The number of fused-ring (bicyclic) bond motifs is 1. The van der Waals surface area contributed by atoms with Crippen LogP contribution in [0.25, 0.3) is 11.1 Å². The standard InChI is InChI=1S/C22H23N3O4/c1-28-19-5-3-2-4-16(19)7-9-21(26)24-10-12-25(13-11-24)22(27)17-6-8-20-18(14-17)23-15-29-20/h2-6,8,14-15H,7,9-13H2,1H3. The highest BCUT2D eigenvalue weighted by Gasteiger charge is 2.25. The van der Waals surface area contributed by atoms with E-state index in [4.69, 9.17) is 9.15 Å². The molecule has 0 N–H and O–H groups in total. The Hall–Kier alpha value is -3.35. The topological polar surface area (TPSA) is 75.9 Å². The molecule has 0 spiro atoms. The number of methoxy groups -OCH3 is 1. The fourth-order valence-corrected chi connectivity index (χ4v) is 3.64. The van der Waals surface area contributed by atoms with Crippen molar-refractivity contribution in [1.29, 1.82) is 0 Å². The van der Waals surface area contributed by atoms with Gasteiger partial charge in [0.05, 0.1) is 7.11 Å². The van der Waals surface area contributed by atoms with Gasteiger partial charge in [0.15, 0.2) is 12.0 Å². The molecule has 0 aliphatic carbocycles. The number of oxazole rings is 1. The molecule has 4 rings (SSSR count). The normalized spacial score (nSPS) is 14.2. The second-order valence-corrected chi connectivity index (χ2v) is 7.02. The molecule has 3 aromatic rings. The van der Waals surface area contributed by atoms with E-state index in [1.54, 1.807) is 30.2 Å². The van der Waals surface area contributed by atoms with Gasteiger partial charge in [-0.2, -0.15) is 0 Å². The van der Waals surface area contributed by atoms with Crippen molar-refractivity contribution in [3.8, 4) is 5.75 Å². The average Bonchev–Trinajstić information content (AvgIpc) is 3.25. The molecule has 1 fully saturated rings. The molecule has 0 unspecified atom stereocenters. The first-order chi connectivity index (χ1) is 14.2. The van der Waals surface area contributed by atoms with E-state index in [9.17, 15) is 9.59 Å². The predicted molar refractivity (Wildman–Crippen MR) is 108 cm³/mol. The second-order valence-electron chi connectivity index (χ2n) is 7.02. The van der Waals surface area contributed by atoms with Crippen LogP contribution in [0.15, 0.2) is 53.3 Å². The lowest BCUT2D eigenvalue weighted by Gasteiger charge is -2.35. The first-order valence-electron chi connectivity index (χ1n) is 9.68. The maximum absolute atomic E-state index is 12.8. The summed E-state index contributed by atoms with van der Waals surface area (Å²) in [6, 6.07) is 13.0. The zero-order valence-electron chi connectivity index (χ0n) is 16.3. The van der Waals surface area contributed by atoms with Crippen LogP contribution in [0.4, 0.5) is 0 Å². The molecule has 2 aromatic carbocycles. The molecule has 1 aromatic heterocycles. The Kier molecular flexibility index (Phi) is 5.46. The fraction of sp³-hybridized carbons (Fsp3) is 0.318. The van der Waals surface area contributed by atoms with Crippen LogP contribution in [0.5, 0.6) is 5.75 Å². The number of hydrogen-bond donors (Lipinski definition) is 0. The molecule has 7 heteroatoms. The van der Waals surface area contributed by atoms with Crippen molar-refractivity contribution in [2.45, 2.75) is 12.8 Å². The van der Waals surface area contributed by atoms with Crippen molar-refractivity contribution in [3.05, 3.63) is 60.0 Å². The summed E-state index contributed by atoms with van der Waals surface area (Å²) in [7, 11) is 1.64. The average molecular weight is 393 g/mol. The molecule has 7 nitrogen and oxygen atoms in total. The number of carbonyl (C=O) groups is 2. The molecular formula is C22H23N3O4. The van der Waals surface area contributed by atoms with Crippen LogP contribution in [0, 0.1) is 0 Å². The Morgan fingerprint density at radius 2 is 1.83 bits per heavy atom. The molecule has 1 aliphatic heterocycles. The third kappa shape index (κ3) is 4.08. The van der Waals surface area contributed by atoms with E-state index in [0.717, 1.165) is 11.3 Å². The lowest BCUT2D eigenvalue weighted by molar-refractivity contribution is -0.132. The van der Waals surface area contributed by atoms with Crippen molar-refractivity contribution in [1.82, 2.24) is 14.8 Å². The Morgan fingerprint density at radius 3 is 2.62 bits per heavy atom. The van der Waals surface area contributed by atoms with Crippen LogP contribution in [-0.2, 0) is 11.2 Å². The highest BCUT2D eigenvalue weighted by atomic mass is 16.5. The zero-order chi connectivity index (χ0) is 20.2. The highest BCUT2D eigenvalue weighted by Crippen LogP contribution is 2.20. The Bertz CT molecular complexity index is 1020. The minimum absolute atomic E-state index is 0.0454. The summed E-state index contributed by atoms with van der Waals surface area (Å²) in [4.78, 5) is 33.1. The van der Waals surface area contributed by atoms with Gasteiger partial charge in [-0.15, -0.1) is 0 Å². The summed E-state index contributed by atoms with van der Waals surface area (Å²) < 4.78 is 10.6. The largest absolute Gasteiger partial charge is 0.496 e. The molecule has 2 amide bonds. The van der Waals surface area contributed by atoms with Crippen LogP contribution in [0.2, 0.25) is 0 Å². The number of para-hydroxylation sites is 1. The number of benzene rings is 2. The number of nitrogens with zero attached hydrogens (tertiary/aromatic N) is 3. The van der Waals surface area contributed by atoms with Gasteiger partial charge in [0.1, 0.15) is 11.3 Å². The third-order valence-electron chi connectivity index (χ3n) is 5.30. The molecular weight excluding hydrogens is 370 g/mol. The van der Waals surface area contributed by atoms with Crippen molar-refractivity contribution in [2.75, 3.05) is 33.3 Å². The molecule has 29 heavy (non-hydrogen) atoms. The SMILES string of the molecule is COc1ccccc1CCC(=O)N1CCN(C(=O)c2ccc3ocnc3c2)CC1. The van der Waals surface area contributed by atoms with E-state index in [1.165, 1.54) is 6.39 Å². The Labute approximate surface area is 168 Å². The molecule has 1 saturated heterocycles. The second kappa shape index (κ2) is 8.34. The summed E-state index contributed by atoms with van der Waals surface area (Å²) >= 11 is 0. The van der Waals surface area contributed by atoms with Crippen molar-refractivity contribution in [3.63, 3.8) is 0 Å². The summed E-state index contributed by atoms with van der Waals surface area (Å²) in [6.07, 6.45) is 2.44. The Balaban J connectivity index is 1.31. The predicted octanol–water partition coefficient (Wildman–Crippen LogP) is 2.75. The molecule has 0 bridgehead atoms. The first-order valence-corrected chi connectivity index (χ1v) is 9.68. The van der Waals surface area contributed by atoms with Gasteiger partial charge in [-0.3, -0.25) is 9.59 Å². The maximum atomic E-state index is 12.8. The van der Waals surface area contributed by atoms with Gasteiger partial charge in [-0.05, 0) is 36.2 Å². The lowest BCUT2D eigenvalue weighted by Crippen LogP contribution is -2.50. The zero-order valence-corrected chi connectivity index (χ0v) is 16.3. The van der Waals surface area contributed by atoms with Crippen LogP contribution in [-0.4, -0.2) is 59.9 Å². The molecule has 0 radical (unpaired) electrons. The van der Waals surface area contributed by atoms with Gasteiger partial charge >= 0.3 is 0 Å². The molecule has 0 atom stereocenters. The van der Waals surface area contributed by atoms with E-state index >= 15 is 0 Å². The fourth-order valence-electron chi connectivity index (χ4n) is 3.64. The number of rotatable bonds is 5. The van der Waals surface area contributed by atoms with E-state index < -0.39 is 0 Å². The van der Waals surface area contributed by atoms with Crippen LogP contribution in [0.3, 0.4) is 0 Å². The van der Waals surface area contributed by atoms with Crippen LogP contribution >= 0.6 is 0 Å². The third-order valence-corrected chi connectivity index (χ3v) is 5.30. The molecule has 2 heterocycles. The summed E-state index contributed by atoms with van der Waals surface area (Å²) in [5.41, 5.74) is 2.94. The summed E-state index contributed by atoms with van der Waals surface area (Å²) in [5, 5.41) is 0. The van der Waals surface area contributed by atoms with Crippen molar-refractivity contribution in [2.24, 2.45) is 0 Å². The lowest BCUT2D eigenvalue weighted by atomic mass is 10.1. The van der Waals surface area contributed by atoms with E-state index in [2.05, 4.69) is 4.98 Å². The van der Waals surface area contributed by atoms with Gasteiger partial charge in [-0.25, -0.2) is 4.98 Å². The van der Waals surface area contributed by atoms with Gasteiger partial charge in [-0.1, -0.05) is 18.2 Å². The van der Waals surface area contributed by atoms with Gasteiger partial charge in [0, 0.05) is 38.2 Å². The van der Waals surface area contributed by atoms with Crippen molar-refractivity contribution >= 4 is 22.9 Å². The van der Waals surface area contributed by atoms with E-state index in [0.29, 0.717) is 55.7 Å². The van der Waals surface area contributed by atoms with Crippen LogP contribution in [0.1, 0.15) is 22.3 Å². The first kappa shape index (κ1) is 19.0. The monoisotopic (exact) mass is 393 g/mol. The molecule has 1 aliphatic rings. The smallest absolute Gasteiger partial charge is 0.254 e. The number of aryl methyl sites for hydroxylation is 1. The number of amides is 2. The summed E-state index contributed by atoms with van der Waals surface area (Å²) in [5.74, 6) is 0.864. The van der Waals surface area contributed by atoms with E-state index in [1.807, 2.05) is 29.2 Å². The Morgan fingerprint density at radius 1 is 1.07 bits per heavy atom. The van der Waals surface area contributed by atoms with Crippen molar-refractivity contribution < 1.29 is 18.7 Å². The quantitative estimate of drug-likeness (QED) is 0.666. The van der Waals surface area contributed by atoms with Gasteiger partial charge in [0.2, 0.25) is 5.91 Å².